The number of hydrogen-bond acceptors (Lipinski definition) is 2. The van der Waals surface area contributed by atoms with E-state index in [0.29, 0.717) is 0 Å². The lowest BCUT2D eigenvalue weighted by molar-refractivity contribution is 0.211. The molecule has 4 nitrogen and oxygen atoms in total. The Hall–Kier alpha value is -1.55. The minimum absolute atomic E-state index is 0.0803. The van der Waals surface area contributed by atoms with Crippen molar-refractivity contribution < 1.29 is 4.79 Å². The molecule has 0 aromatic heterocycles. The molecule has 4 heteroatoms. The summed E-state index contributed by atoms with van der Waals surface area (Å²) in [7, 11) is 1.80. The van der Waals surface area contributed by atoms with Crippen molar-refractivity contribution in [2.75, 3.05) is 18.9 Å². The van der Waals surface area contributed by atoms with E-state index in [1.54, 1.807) is 11.9 Å². The van der Waals surface area contributed by atoms with Crippen LogP contribution in [0.1, 0.15) is 39.3 Å². The van der Waals surface area contributed by atoms with Crippen LogP contribution in [0.15, 0.2) is 24.3 Å². The van der Waals surface area contributed by atoms with E-state index in [-0.39, 0.29) is 18.1 Å². The Morgan fingerprint density at radius 3 is 2.58 bits per heavy atom. The highest BCUT2D eigenvalue weighted by Crippen LogP contribution is 2.17. The SMILES string of the molecule is CCNC(C)c1cccc(NC(=O)N(C)C(C)C)c1. The van der Waals surface area contributed by atoms with Crippen LogP contribution in [0, 0.1) is 0 Å². The van der Waals surface area contributed by atoms with E-state index in [1.807, 2.05) is 32.0 Å². The molecule has 106 valence electrons. The van der Waals surface area contributed by atoms with Crippen molar-refractivity contribution in [1.29, 1.82) is 0 Å². The third-order valence-corrected chi connectivity index (χ3v) is 3.24. The summed E-state index contributed by atoms with van der Waals surface area (Å²) in [5.41, 5.74) is 2.01. The average molecular weight is 263 g/mol. The second kappa shape index (κ2) is 7.14. The van der Waals surface area contributed by atoms with Gasteiger partial charge in [0.15, 0.2) is 0 Å². The maximum atomic E-state index is 12.0. The predicted octanol–water partition coefficient (Wildman–Crippen LogP) is 3.23. The Kier molecular flexibility index (Phi) is 5.83. The zero-order valence-electron chi connectivity index (χ0n) is 12.5. The van der Waals surface area contributed by atoms with Crippen LogP contribution in [0.3, 0.4) is 0 Å². The molecule has 0 aliphatic carbocycles. The van der Waals surface area contributed by atoms with E-state index in [9.17, 15) is 4.79 Å². The van der Waals surface area contributed by atoms with Crippen LogP contribution >= 0.6 is 0 Å². The number of carbonyl (C=O) groups excluding carboxylic acids is 1. The van der Waals surface area contributed by atoms with Crippen LogP contribution in [0.5, 0.6) is 0 Å². The first-order valence-corrected chi connectivity index (χ1v) is 6.82. The number of anilines is 1. The molecule has 1 rings (SSSR count). The summed E-state index contributed by atoms with van der Waals surface area (Å²) in [6.07, 6.45) is 0. The second-order valence-corrected chi connectivity index (χ2v) is 5.04. The van der Waals surface area contributed by atoms with Gasteiger partial charge in [0.1, 0.15) is 0 Å². The summed E-state index contributed by atoms with van der Waals surface area (Å²) in [5, 5.41) is 6.28. The van der Waals surface area contributed by atoms with E-state index < -0.39 is 0 Å². The van der Waals surface area contributed by atoms with Crippen molar-refractivity contribution in [2.45, 2.75) is 39.8 Å². The molecule has 0 spiro atoms. The highest BCUT2D eigenvalue weighted by atomic mass is 16.2. The number of nitrogens with one attached hydrogen (secondary N) is 2. The van der Waals surface area contributed by atoms with Gasteiger partial charge in [0.25, 0.3) is 0 Å². The normalized spacial score (nSPS) is 12.3. The van der Waals surface area contributed by atoms with E-state index in [2.05, 4.69) is 30.5 Å². The number of rotatable bonds is 5. The number of carbonyl (C=O) groups is 1. The van der Waals surface area contributed by atoms with E-state index >= 15 is 0 Å². The first-order chi connectivity index (χ1) is 8.95. The minimum Gasteiger partial charge on any atom is -0.325 e. The summed E-state index contributed by atoms with van der Waals surface area (Å²) in [6, 6.07) is 8.34. The van der Waals surface area contributed by atoms with E-state index in [1.165, 1.54) is 5.56 Å². The van der Waals surface area contributed by atoms with Gasteiger partial charge in [0.05, 0.1) is 0 Å². The highest BCUT2D eigenvalue weighted by Gasteiger charge is 2.12. The topological polar surface area (TPSA) is 44.4 Å². The van der Waals surface area contributed by atoms with Crippen LogP contribution in [-0.2, 0) is 0 Å². The maximum Gasteiger partial charge on any atom is 0.321 e. The lowest BCUT2D eigenvalue weighted by Crippen LogP contribution is -2.36. The van der Waals surface area contributed by atoms with Crippen molar-refractivity contribution >= 4 is 11.7 Å². The molecule has 0 aliphatic rings. The molecular formula is C15H25N3O. The first-order valence-electron chi connectivity index (χ1n) is 6.82. The largest absolute Gasteiger partial charge is 0.325 e. The number of amides is 2. The van der Waals surface area contributed by atoms with Crippen LogP contribution < -0.4 is 10.6 Å². The fourth-order valence-electron chi connectivity index (χ4n) is 1.76. The van der Waals surface area contributed by atoms with Crippen molar-refractivity contribution in [3.8, 4) is 0 Å². The Morgan fingerprint density at radius 1 is 1.32 bits per heavy atom. The Balaban J connectivity index is 2.74. The highest BCUT2D eigenvalue weighted by molar-refractivity contribution is 5.89. The Labute approximate surface area is 116 Å². The van der Waals surface area contributed by atoms with Gasteiger partial charge >= 0.3 is 6.03 Å². The summed E-state index contributed by atoms with van der Waals surface area (Å²) < 4.78 is 0. The summed E-state index contributed by atoms with van der Waals surface area (Å²) >= 11 is 0. The molecule has 0 saturated carbocycles. The van der Waals surface area contributed by atoms with Crippen molar-refractivity contribution in [1.82, 2.24) is 10.2 Å². The molecule has 0 heterocycles. The van der Waals surface area contributed by atoms with Gasteiger partial charge in [0.2, 0.25) is 0 Å². The van der Waals surface area contributed by atoms with Gasteiger partial charge in [-0.2, -0.15) is 0 Å². The minimum atomic E-state index is -0.0803. The molecule has 0 radical (unpaired) electrons. The monoisotopic (exact) mass is 263 g/mol. The quantitative estimate of drug-likeness (QED) is 0.856. The smallest absolute Gasteiger partial charge is 0.321 e. The Morgan fingerprint density at radius 2 is 2.00 bits per heavy atom. The van der Waals surface area contributed by atoms with Gasteiger partial charge in [-0.15, -0.1) is 0 Å². The molecule has 1 unspecified atom stereocenters. The molecule has 2 N–H and O–H groups in total. The molecular weight excluding hydrogens is 238 g/mol. The van der Waals surface area contributed by atoms with Gasteiger partial charge in [-0.1, -0.05) is 19.1 Å². The lowest BCUT2D eigenvalue weighted by Gasteiger charge is -2.22. The standard InChI is InChI=1S/C15H25N3O/c1-6-16-12(4)13-8-7-9-14(10-13)17-15(19)18(5)11(2)3/h7-12,16H,6H2,1-5H3,(H,17,19). The number of benzene rings is 1. The van der Waals surface area contributed by atoms with Crippen LogP contribution in [0.2, 0.25) is 0 Å². The zero-order valence-corrected chi connectivity index (χ0v) is 12.5. The van der Waals surface area contributed by atoms with Crippen molar-refractivity contribution in [2.24, 2.45) is 0 Å². The summed E-state index contributed by atoms with van der Waals surface area (Å²) in [4.78, 5) is 13.6. The van der Waals surface area contributed by atoms with Crippen LogP contribution in [0.4, 0.5) is 10.5 Å². The van der Waals surface area contributed by atoms with Gasteiger partial charge in [-0.05, 0) is 45.0 Å². The molecule has 1 aromatic rings. The third-order valence-electron chi connectivity index (χ3n) is 3.24. The number of nitrogens with zero attached hydrogens (tertiary/aromatic N) is 1. The molecule has 0 aliphatic heterocycles. The maximum absolute atomic E-state index is 12.0. The van der Waals surface area contributed by atoms with Gasteiger partial charge < -0.3 is 15.5 Å². The molecule has 1 atom stereocenters. The fraction of sp³-hybridized carbons (Fsp3) is 0.533. The van der Waals surface area contributed by atoms with Crippen molar-refractivity contribution in [3.63, 3.8) is 0 Å². The van der Waals surface area contributed by atoms with E-state index in [0.717, 1.165) is 12.2 Å². The molecule has 0 saturated heterocycles. The average Bonchev–Trinajstić information content (AvgIpc) is 2.38. The molecule has 0 fully saturated rings. The van der Waals surface area contributed by atoms with Gasteiger partial charge in [-0.25, -0.2) is 4.79 Å². The summed E-state index contributed by atoms with van der Waals surface area (Å²) in [5.74, 6) is 0. The van der Waals surface area contributed by atoms with Crippen molar-refractivity contribution in [3.05, 3.63) is 29.8 Å². The molecule has 1 aromatic carbocycles. The first kappa shape index (κ1) is 15.5. The number of urea groups is 1. The van der Waals surface area contributed by atoms with E-state index in [4.69, 9.17) is 0 Å². The fourth-order valence-corrected chi connectivity index (χ4v) is 1.76. The summed E-state index contributed by atoms with van der Waals surface area (Å²) in [6.45, 7) is 9.10. The number of hydrogen-bond donors (Lipinski definition) is 2. The second-order valence-electron chi connectivity index (χ2n) is 5.04. The van der Waals surface area contributed by atoms with Crippen LogP contribution in [0.25, 0.3) is 0 Å². The Bertz CT molecular complexity index is 418. The lowest BCUT2D eigenvalue weighted by atomic mass is 10.1. The van der Waals surface area contributed by atoms with Gasteiger partial charge in [0, 0.05) is 24.8 Å². The molecule has 19 heavy (non-hydrogen) atoms. The molecule has 2 amide bonds. The zero-order chi connectivity index (χ0) is 14.4. The van der Waals surface area contributed by atoms with Crippen LogP contribution in [-0.4, -0.2) is 30.6 Å². The third kappa shape index (κ3) is 4.56. The molecule has 0 bridgehead atoms. The predicted molar refractivity (Wildman–Crippen MR) is 80.5 cm³/mol. The van der Waals surface area contributed by atoms with Gasteiger partial charge in [-0.3, -0.25) is 0 Å².